The molecule has 0 saturated carbocycles. The minimum atomic E-state index is -0.546. The van der Waals surface area contributed by atoms with Crippen LogP contribution in [0.25, 0.3) is 0 Å². The molecular formula is C28H33N3O5. The maximum atomic E-state index is 14.2. The van der Waals surface area contributed by atoms with E-state index in [1.54, 1.807) is 0 Å². The number of carbonyl (C=O) groups is 3. The van der Waals surface area contributed by atoms with E-state index in [1.807, 2.05) is 60.0 Å². The van der Waals surface area contributed by atoms with Gasteiger partial charge >= 0.3 is 0 Å². The van der Waals surface area contributed by atoms with Gasteiger partial charge in [0.05, 0.1) is 25.2 Å². The molecule has 0 aliphatic carbocycles. The third-order valence-electron chi connectivity index (χ3n) is 7.66. The van der Waals surface area contributed by atoms with E-state index in [0.717, 1.165) is 16.7 Å². The fourth-order valence-electron chi connectivity index (χ4n) is 5.92. The first kappa shape index (κ1) is 24.2. The predicted molar refractivity (Wildman–Crippen MR) is 134 cm³/mol. The predicted octanol–water partition coefficient (Wildman–Crippen LogP) is 3.04. The van der Waals surface area contributed by atoms with Gasteiger partial charge in [0.15, 0.2) is 11.5 Å². The summed E-state index contributed by atoms with van der Waals surface area (Å²) in [5, 5.41) is 0. The van der Waals surface area contributed by atoms with Crippen molar-refractivity contribution in [3.63, 3.8) is 0 Å². The van der Waals surface area contributed by atoms with E-state index in [4.69, 9.17) is 15.2 Å². The molecule has 2 atom stereocenters. The van der Waals surface area contributed by atoms with Crippen molar-refractivity contribution >= 4 is 17.7 Å². The Morgan fingerprint density at radius 1 is 0.972 bits per heavy atom. The molecule has 8 nitrogen and oxygen atoms in total. The summed E-state index contributed by atoms with van der Waals surface area (Å²) in [6.07, 6.45) is 1.80. The van der Waals surface area contributed by atoms with Gasteiger partial charge in [0.2, 0.25) is 11.8 Å². The maximum Gasteiger partial charge on any atom is 0.254 e. The summed E-state index contributed by atoms with van der Waals surface area (Å²) in [6.45, 7) is 6.33. The van der Waals surface area contributed by atoms with Crippen LogP contribution in [0.4, 0.5) is 0 Å². The van der Waals surface area contributed by atoms with Gasteiger partial charge in [-0.15, -0.1) is 0 Å². The molecular weight excluding hydrogens is 458 g/mol. The Balaban J connectivity index is 1.59. The highest BCUT2D eigenvalue weighted by Gasteiger charge is 2.48. The normalized spacial score (nSPS) is 21.3. The van der Waals surface area contributed by atoms with Crippen LogP contribution in [0.3, 0.4) is 0 Å². The van der Waals surface area contributed by atoms with Crippen molar-refractivity contribution in [3.05, 3.63) is 58.7 Å². The number of benzene rings is 2. The van der Waals surface area contributed by atoms with E-state index in [0.29, 0.717) is 69.2 Å². The molecule has 5 rings (SSSR count). The van der Waals surface area contributed by atoms with E-state index in [-0.39, 0.29) is 23.6 Å². The van der Waals surface area contributed by atoms with Crippen molar-refractivity contribution in [1.82, 2.24) is 9.80 Å². The highest BCUT2D eigenvalue weighted by atomic mass is 16.5. The van der Waals surface area contributed by atoms with Crippen LogP contribution in [0, 0.1) is 5.92 Å². The molecule has 8 heteroatoms. The number of primary amides is 1. The lowest BCUT2D eigenvalue weighted by molar-refractivity contribution is -0.138. The number of carbonyl (C=O) groups excluding carboxylic acids is 3. The smallest absolute Gasteiger partial charge is 0.254 e. The van der Waals surface area contributed by atoms with E-state index in [1.165, 1.54) is 0 Å². The van der Waals surface area contributed by atoms with E-state index < -0.39 is 12.0 Å². The second-order valence-corrected chi connectivity index (χ2v) is 9.62. The van der Waals surface area contributed by atoms with Gasteiger partial charge in [0.1, 0.15) is 0 Å². The Kier molecular flexibility index (Phi) is 6.60. The summed E-state index contributed by atoms with van der Waals surface area (Å²) in [7, 11) is 0. The zero-order chi connectivity index (χ0) is 25.4. The van der Waals surface area contributed by atoms with Gasteiger partial charge in [-0.2, -0.15) is 0 Å². The van der Waals surface area contributed by atoms with E-state index in [9.17, 15) is 14.4 Å². The minimum absolute atomic E-state index is 0.0208. The fourth-order valence-corrected chi connectivity index (χ4v) is 5.92. The molecule has 0 radical (unpaired) electrons. The minimum Gasteiger partial charge on any atom is -0.490 e. The second-order valence-electron chi connectivity index (χ2n) is 9.62. The molecule has 3 amide bonds. The molecule has 2 aromatic carbocycles. The number of fused-ring (bicyclic) bond motifs is 4. The van der Waals surface area contributed by atoms with Gasteiger partial charge in [-0.1, -0.05) is 18.2 Å². The van der Waals surface area contributed by atoms with Crippen molar-refractivity contribution in [1.29, 1.82) is 0 Å². The first-order valence-corrected chi connectivity index (χ1v) is 12.8. The SMILES string of the molecule is CCOc1cc2c(cc1OCC)C1C(C(=O)N3CCC(C(N)=O)CC3)c3ccccc3C(=O)N1CC2. The highest BCUT2D eigenvalue weighted by molar-refractivity contribution is 6.01. The molecule has 0 aromatic heterocycles. The Bertz CT molecular complexity index is 1190. The maximum absolute atomic E-state index is 14.2. The van der Waals surface area contributed by atoms with Gasteiger partial charge in [0.25, 0.3) is 5.91 Å². The van der Waals surface area contributed by atoms with Crippen molar-refractivity contribution in [2.45, 2.75) is 45.1 Å². The molecule has 1 saturated heterocycles. The zero-order valence-corrected chi connectivity index (χ0v) is 20.9. The molecule has 3 heterocycles. The third kappa shape index (κ3) is 4.08. The van der Waals surface area contributed by atoms with Crippen molar-refractivity contribution in [3.8, 4) is 11.5 Å². The number of likely N-dealkylation sites (tertiary alicyclic amines) is 1. The van der Waals surface area contributed by atoms with Gasteiger partial charge in [0, 0.05) is 31.1 Å². The fraction of sp³-hybridized carbons (Fsp3) is 0.464. The molecule has 36 heavy (non-hydrogen) atoms. The summed E-state index contributed by atoms with van der Waals surface area (Å²) in [6, 6.07) is 11.0. The van der Waals surface area contributed by atoms with Crippen LogP contribution < -0.4 is 15.2 Å². The Labute approximate surface area is 211 Å². The molecule has 0 bridgehead atoms. The molecule has 0 spiro atoms. The Morgan fingerprint density at radius 3 is 2.31 bits per heavy atom. The van der Waals surface area contributed by atoms with Crippen molar-refractivity contribution in [2.24, 2.45) is 11.7 Å². The molecule has 3 aliphatic rings. The molecule has 1 fully saturated rings. The van der Waals surface area contributed by atoms with E-state index >= 15 is 0 Å². The highest BCUT2D eigenvalue weighted by Crippen LogP contribution is 2.49. The average molecular weight is 492 g/mol. The summed E-state index contributed by atoms with van der Waals surface area (Å²) in [5.41, 5.74) is 8.85. The zero-order valence-electron chi connectivity index (χ0n) is 20.9. The van der Waals surface area contributed by atoms with Gasteiger partial charge < -0.3 is 25.0 Å². The Hall–Kier alpha value is -3.55. The second kappa shape index (κ2) is 9.84. The van der Waals surface area contributed by atoms with Crippen LogP contribution in [-0.4, -0.2) is 60.4 Å². The summed E-state index contributed by atoms with van der Waals surface area (Å²) < 4.78 is 11.8. The number of hydrogen-bond acceptors (Lipinski definition) is 5. The lowest BCUT2D eigenvalue weighted by Gasteiger charge is -2.47. The van der Waals surface area contributed by atoms with Gasteiger partial charge in [-0.05, 0) is 68.0 Å². The van der Waals surface area contributed by atoms with Crippen LogP contribution in [0.5, 0.6) is 11.5 Å². The first-order chi connectivity index (χ1) is 17.4. The number of rotatable bonds is 6. The summed E-state index contributed by atoms with van der Waals surface area (Å²) >= 11 is 0. The monoisotopic (exact) mass is 491 g/mol. The number of nitrogens with zero attached hydrogens (tertiary/aromatic N) is 2. The summed E-state index contributed by atoms with van der Waals surface area (Å²) in [4.78, 5) is 43.1. The van der Waals surface area contributed by atoms with Gasteiger partial charge in [-0.25, -0.2) is 0 Å². The number of ether oxygens (including phenoxy) is 2. The summed E-state index contributed by atoms with van der Waals surface area (Å²) in [5.74, 6) is 0.182. The molecule has 190 valence electrons. The number of piperidine rings is 1. The standard InChI is InChI=1S/C28H33N3O5/c1-3-35-22-15-18-11-14-31-25(21(18)16-23(22)36-4-2)24(19-7-5-6-8-20(19)27(31)33)28(34)30-12-9-17(10-13-30)26(29)32/h5-8,15-17,24-25H,3-4,9-14H2,1-2H3,(H2,29,32). The first-order valence-electron chi connectivity index (χ1n) is 12.8. The number of amides is 3. The lowest BCUT2D eigenvalue weighted by atomic mass is 9.75. The molecule has 3 aliphatic heterocycles. The third-order valence-corrected chi connectivity index (χ3v) is 7.66. The average Bonchev–Trinajstić information content (AvgIpc) is 2.89. The van der Waals surface area contributed by atoms with Crippen molar-refractivity contribution in [2.75, 3.05) is 32.8 Å². The van der Waals surface area contributed by atoms with Crippen LogP contribution in [0.2, 0.25) is 0 Å². The lowest BCUT2D eigenvalue weighted by Crippen LogP contribution is -2.52. The van der Waals surface area contributed by atoms with Crippen LogP contribution >= 0.6 is 0 Å². The number of nitrogens with two attached hydrogens (primary N) is 1. The molecule has 2 N–H and O–H groups in total. The van der Waals surface area contributed by atoms with Gasteiger partial charge in [-0.3, -0.25) is 14.4 Å². The van der Waals surface area contributed by atoms with Crippen LogP contribution in [0.15, 0.2) is 36.4 Å². The quantitative estimate of drug-likeness (QED) is 0.669. The molecule has 2 unspecified atom stereocenters. The Morgan fingerprint density at radius 2 is 1.64 bits per heavy atom. The number of hydrogen-bond donors (Lipinski definition) is 1. The van der Waals surface area contributed by atoms with Crippen LogP contribution in [-0.2, 0) is 16.0 Å². The largest absolute Gasteiger partial charge is 0.490 e. The van der Waals surface area contributed by atoms with Crippen LogP contribution in [0.1, 0.15) is 65.7 Å². The topological polar surface area (TPSA) is 102 Å². The van der Waals surface area contributed by atoms with E-state index in [2.05, 4.69) is 0 Å². The van der Waals surface area contributed by atoms with Crippen molar-refractivity contribution < 1.29 is 23.9 Å². The molecule has 2 aromatic rings.